The normalized spacial score (nSPS) is 15.5. The van der Waals surface area contributed by atoms with Crippen molar-refractivity contribution in [3.8, 4) is 0 Å². The number of hydrogen-bond acceptors (Lipinski definition) is 1. The standard InChI is InChI=1S/C15H13NO/c17-15-10-11-16(12-6-2-1-3-7-12)14-9-5-4-8-13(14)15/h2-12H,1H2. The number of benzene rings is 1. The van der Waals surface area contributed by atoms with Crippen LogP contribution >= 0.6 is 0 Å². The lowest BCUT2D eigenvalue weighted by Crippen LogP contribution is -2.11. The van der Waals surface area contributed by atoms with Gasteiger partial charge in [0, 0.05) is 17.6 Å². The molecule has 0 unspecified atom stereocenters. The Morgan fingerprint density at radius 3 is 2.65 bits per heavy atom. The van der Waals surface area contributed by atoms with Gasteiger partial charge in [0.15, 0.2) is 5.43 Å². The zero-order valence-electron chi connectivity index (χ0n) is 9.41. The van der Waals surface area contributed by atoms with Gasteiger partial charge in [0.1, 0.15) is 0 Å². The minimum atomic E-state index is 0.0839. The largest absolute Gasteiger partial charge is 0.337 e. The third-order valence-corrected chi connectivity index (χ3v) is 3.09. The zero-order chi connectivity index (χ0) is 11.7. The van der Waals surface area contributed by atoms with Crippen LogP contribution in [0.5, 0.6) is 0 Å². The predicted molar refractivity (Wildman–Crippen MR) is 70.1 cm³/mol. The Hall–Kier alpha value is -2.09. The molecule has 0 aliphatic heterocycles. The second-order valence-corrected chi connectivity index (χ2v) is 4.19. The van der Waals surface area contributed by atoms with E-state index in [9.17, 15) is 4.79 Å². The molecular weight excluding hydrogens is 210 g/mol. The molecule has 0 atom stereocenters. The Bertz CT molecular complexity index is 652. The van der Waals surface area contributed by atoms with Crippen LogP contribution in [-0.4, -0.2) is 4.57 Å². The van der Waals surface area contributed by atoms with E-state index in [2.05, 4.69) is 28.9 Å². The molecule has 17 heavy (non-hydrogen) atoms. The Balaban J connectivity index is 2.27. The summed E-state index contributed by atoms with van der Waals surface area (Å²) in [5.74, 6) is 0. The highest BCUT2D eigenvalue weighted by atomic mass is 16.1. The summed E-state index contributed by atoms with van der Waals surface area (Å²) >= 11 is 0. The molecule has 0 bridgehead atoms. The average molecular weight is 223 g/mol. The number of nitrogens with zero attached hydrogens (tertiary/aromatic N) is 1. The van der Waals surface area contributed by atoms with E-state index < -0.39 is 0 Å². The van der Waals surface area contributed by atoms with Gasteiger partial charge in [-0.3, -0.25) is 4.79 Å². The van der Waals surface area contributed by atoms with Gasteiger partial charge in [-0.15, -0.1) is 0 Å². The first-order chi connectivity index (χ1) is 8.36. The lowest BCUT2D eigenvalue weighted by molar-refractivity contribution is 0.735. The number of rotatable bonds is 1. The fourth-order valence-electron chi connectivity index (χ4n) is 2.25. The molecule has 0 N–H and O–H groups in total. The molecule has 1 heterocycles. The summed E-state index contributed by atoms with van der Waals surface area (Å²) in [5.41, 5.74) is 1.07. The van der Waals surface area contributed by atoms with E-state index in [1.165, 1.54) is 0 Å². The molecule has 2 nitrogen and oxygen atoms in total. The van der Waals surface area contributed by atoms with Gasteiger partial charge in [-0.25, -0.2) is 0 Å². The maximum Gasteiger partial charge on any atom is 0.189 e. The van der Waals surface area contributed by atoms with Gasteiger partial charge in [-0.1, -0.05) is 36.4 Å². The van der Waals surface area contributed by atoms with E-state index in [1.807, 2.05) is 30.5 Å². The molecule has 2 aromatic rings. The summed E-state index contributed by atoms with van der Waals surface area (Å²) in [5, 5.41) is 0.780. The number of allylic oxidation sites excluding steroid dienone is 4. The molecule has 84 valence electrons. The van der Waals surface area contributed by atoms with Gasteiger partial charge in [0.25, 0.3) is 0 Å². The van der Waals surface area contributed by atoms with E-state index in [4.69, 9.17) is 0 Å². The fourth-order valence-corrected chi connectivity index (χ4v) is 2.25. The van der Waals surface area contributed by atoms with Crippen molar-refractivity contribution in [3.63, 3.8) is 0 Å². The second-order valence-electron chi connectivity index (χ2n) is 4.19. The van der Waals surface area contributed by atoms with Crippen molar-refractivity contribution >= 4 is 10.9 Å². The summed E-state index contributed by atoms with van der Waals surface area (Å²) in [4.78, 5) is 11.8. The highest BCUT2D eigenvalue weighted by Crippen LogP contribution is 2.20. The van der Waals surface area contributed by atoms with Crippen molar-refractivity contribution in [2.75, 3.05) is 0 Å². The van der Waals surface area contributed by atoms with Gasteiger partial charge in [0.05, 0.1) is 11.6 Å². The van der Waals surface area contributed by atoms with Crippen LogP contribution in [0.15, 0.2) is 65.6 Å². The van der Waals surface area contributed by atoms with Gasteiger partial charge >= 0.3 is 0 Å². The molecule has 0 saturated carbocycles. The van der Waals surface area contributed by atoms with Gasteiger partial charge in [0.2, 0.25) is 0 Å². The van der Waals surface area contributed by atoms with Crippen molar-refractivity contribution in [1.82, 2.24) is 4.57 Å². The molecule has 1 aromatic heterocycles. The molecule has 0 radical (unpaired) electrons. The molecule has 3 rings (SSSR count). The first kappa shape index (κ1) is 10.1. The van der Waals surface area contributed by atoms with Crippen LogP contribution in [0, 0.1) is 0 Å². The SMILES string of the molecule is O=c1ccn(C2C=CCC=C2)c2ccccc12. The molecule has 2 heteroatoms. The number of fused-ring (bicyclic) bond motifs is 1. The van der Waals surface area contributed by atoms with Crippen molar-refractivity contribution in [3.05, 3.63) is 71.1 Å². The van der Waals surface area contributed by atoms with Crippen LogP contribution in [0.3, 0.4) is 0 Å². The van der Waals surface area contributed by atoms with Crippen molar-refractivity contribution in [2.24, 2.45) is 0 Å². The molecule has 1 aliphatic rings. The minimum absolute atomic E-state index is 0.0839. The Morgan fingerprint density at radius 2 is 1.82 bits per heavy atom. The maximum atomic E-state index is 11.8. The molecule has 0 amide bonds. The van der Waals surface area contributed by atoms with E-state index in [-0.39, 0.29) is 11.5 Å². The smallest absolute Gasteiger partial charge is 0.189 e. The zero-order valence-corrected chi connectivity index (χ0v) is 9.41. The predicted octanol–water partition coefficient (Wildman–Crippen LogP) is 3.06. The topological polar surface area (TPSA) is 22.0 Å². The first-order valence-corrected chi connectivity index (χ1v) is 5.79. The lowest BCUT2D eigenvalue weighted by Gasteiger charge is -2.18. The van der Waals surface area contributed by atoms with Gasteiger partial charge in [-0.05, 0) is 18.6 Å². The second kappa shape index (κ2) is 4.06. The van der Waals surface area contributed by atoms with E-state index in [1.54, 1.807) is 6.07 Å². The van der Waals surface area contributed by atoms with Crippen LogP contribution in [0.25, 0.3) is 10.9 Å². The molecule has 0 spiro atoms. The molecule has 0 saturated heterocycles. The van der Waals surface area contributed by atoms with Crippen molar-refractivity contribution < 1.29 is 0 Å². The minimum Gasteiger partial charge on any atom is -0.337 e. The fraction of sp³-hybridized carbons (Fsp3) is 0.133. The summed E-state index contributed by atoms with van der Waals surface area (Å²) < 4.78 is 2.13. The van der Waals surface area contributed by atoms with E-state index in [0.29, 0.717) is 0 Å². The number of hydrogen-bond donors (Lipinski definition) is 0. The average Bonchev–Trinajstić information content (AvgIpc) is 2.41. The third-order valence-electron chi connectivity index (χ3n) is 3.09. The number of para-hydroxylation sites is 1. The number of pyridine rings is 1. The van der Waals surface area contributed by atoms with Crippen LogP contribution in [0.2, 0.25) is 0 Å². The quantitative estimate of drug-likeness (QED) is 0.681. The first-order valence-electron chi connectivity index (χ1n) is 5.79. The molecule has 1 aromatic carbocycles. The summed E-state index contributed by atoms with van der Waals surface area (Å²) in [6, 6.07) is 9.60. The van der Waals surface area contributed by atoms with Crippen LogP contribution in [0.1, 0.15) is 12.5 Å². The summed E-state index contributed by atoms with van der Waals surface area (Å²) in [7, 11) is 0. The highest BCUT2D eigenvalue weighted by molar-refractivity contribution is 5.78. The van der Waals surface area contributed by atoms with E-state index in [0.717, 1.165) is 17.3 Å². The van der Waals surface area contributed by atoms with Gasteiger partial charge < -0.3 is 4.57 Å². The maximum absolute atomic E-state index is 11.8. The van der Waals surface area contributed by atoms with E-state index >= 15 is 0 Å². The van der Waals surface area contributed by atoms with Crippen molar-refractivity contribution in [2.45, 2.75) is 12.5 Å². The highest BCUT2D eigenvalue weighted by Gasteiger charge is 2.08. The Kier molecular flexibility index (Phi) is 2.41. The summed E-state index contributed by atoms with van der Waals surface area (Å²) in [6.07, 6.45) is 11.5. The monoisotopic (exact) mass is 223 g/mol. The molecular formula is C15H13NO. The molecule has 1 aliphatic carbocycles. The third kappa shape index (κ3) is 1.72. The van der Waals surface area contributed by atoms with Crippen LogP contribution in [-0.2, 0) is 0 Å². The summed E-state index contributed by atoms with van der Waals surface area (Å²) in [6.45, 7) is 0. The Labute approximate surface area is 99.5 Å². The van der Waals surface area contributed by atoms with Gasteiger partial charge in [-0.2, -0.15) is 0 Å². The van der Waals surface area contributed by atoms with Crippen LogP contribution < -0.4 is 5.43 Å². The Morgan fingerprint density at radius 1 is 1.06 bits per heavy atom. The lowest BCUT2D eigenvalue weighted by atomic mass is 10.1. The molecule has 0 fully saturated rings. The van der Waals surface area contributed by atoms with Crippen LogP contribution in [0.4, 0.5) is 0 Å². The van der Waals surface area contributed by atoms with Crippen molar-refractivity contribution in [1.29, 1.82) is 0 Å². The number of aromatic nitrogens is 1.